The fraction of sp³-hybridized carbons (Fsp3) is 0.250. The maximum absolute atomic E-state index is 11.4. The van der Waals surface area contributed by atoms with Crippen LogP contribution < -0.4 is 16.8 Å². The molecule has 1 aromatic carbocycles. The Hall–Kier alpha value is -1.97. The molecule has 0 aliphatic heterocycles. The first-order valence-electron chi connectivity index (χ1n) is 5.29. The topological polar surface area (TPSA) is 81.1 Å². The summed E-state index contributed by atoms with van der Waals surface area (Å²) in [5.41, 5.74) is 13.4. The predicted molar refractivity (Wildman–Crippen MR) is 65.5 cm³/mol. The Morgan fingerprint density at radius 1 is 1.38 bits per heavy atom. The molecule has 4 nitrogen and oxygen atoms in total. The molecule has 0 radical (unpaired) electrons. The minimum Gasteiger partial charge on any atom is -0.399 e. The summed E-state index contributed by atoms with van der Waals surface area (Å²) >= 11 is 0. The van der Waals surface area contributed by atoms with Crippen LogP contribution in [0.3, 0.4) is 0 Å². The van der Waals surface area contributed by atoms with Crippen molar-refractivity contribution in [3.05, 3.63) is 29.8 Å². The summed E-state index contributed by atoms with van der Waals surface area (Å²) in [6.07, 6.45) is 5.34. The third-order valence-corrected chi connectivity index (χ3v) is 2.45. The monoisotopic (exact) mass is 217 g/mol. The van der Waals surface area contributed by atoms with Crippen LogP contribution in [0.1, 0.15) is 18.4 Å². The molecule has 0 spiro atoms. The molecular formula is C12H15N3O. The first kappa shape index (κ1) is 10.5. The molecule has 0 saturated heterocycles. The van der Waals surface area contributed by atoms with Gasteiger partial charge in [0.2, 0.25) is 5.91 Å². The van der Waals surface area contributed by atoms with Gasteiger partial charge in [-0.15, -0.1) is 0 Å². The Kier molecular flexibility index (Phi) is 2.81. The van der Waals surface area contributed by atoms with Crippen molar-refractivity contribution in [3.63, 3.8) is 0 Å². The molecule has 84 valence electrons. The van der Waals surface area contributed by atoms with E-state index in [0.29, 0.717) is 17.4 Å². The molecule has 0 heterocycles. The van der Waals surface area contributed by atoms with E-state index in [4.69, 9.17) is 11.5 Å². The Morgan fingerprint density at radius 2 is 2.12 bits per heavy atom. The van der Waals surface area contributed by atoms with Gasteiger partial charge in [-0.1, -0.05) is 0 Å². The number of benzene rings is 1. The summed E-state index contributed by atoms with van der Waals surface area (Å²) in [7, 11) is 0. The number of anilines is 2. The zero-order valence-corrected chi connectivity index (χ0v) is 8.94. The number of nitrogens with one attached hydrogen (secondary N) is 1. The van der Waals surface area contributed by atoms with Crippen molar-refractivity contribution in [3.8, 4) is 0 Å². The number of rotatable bonds is 3. The van der Waals surface area contributed by atoms with Gasteiger partial charge in [0.15, 0.2) is 0 Å². The number of nitrogen functional groups attached to an aromatic ring is 2. The lowest BCUT2D eigenvalue weighted by atomic mass is 10.1. The molecule has 0 unspecified atom stereocenters. The SMILES string of the molecule is Nc1ccc(N)c(/C=C/C(=O)NC2CC2)c1. The number of amides is 1. The van der Waals surface area contributed by atoms with E-state index in [1.807, 2.05) is 0 Å². The van der Waals surface area contributed by atoms with Crippen molar-refractivity contribution in [2.45, 2.75) is 18.9 Å². The van der Waals surface area contributed by atoms with Crippen LogP contribution in [0.25, 0.3) is 6.08 Å². The Bertz CT molecular complexity index is 436. The molecule has 1 aromatic rings. The van der Waals surface area contributed by atoms with Gasteiger partial charge in [-0.25, -0.2) is 0 Å². The fourth-order valence-electron chi connectivity index (χ4n) is 1.38. The lowest BCUT2D eigenvalue weighted by Gasteiger charge is -2.01. The number of nitrogens with two attached hydrogens (primary N) is 2. The van der Waals surface area contributed by atoms with Crippen molar-refractivity contribution in [2.75, 3.05) is 11.5 Å². The number of carbonyl (C=O) groups is 1. The smallest absolute Gasteiger partial charge is 0.244 e. The van der Waals surface area contributed by atoms with E-state index in [0.717, 1.165) is 18.4 Å². The molecule has 1 aliphatic carbocycles. The molecule has 4 heteroatoms. The maximum Gasteiger partial charge on any atom is 0.244 e. The number of hydrogen-bond donors (Lipinski definition) is 3. The Balaban J connectivity index is 2.03. The Labute approximate surface area is 94.3 Å². The normalized spacial score (nSPS) is 15.2. The van der Waals surface area contributed by atoms with Gasteiger partial charge in [-0.2, -0.15) is 0 Å². The van der Waals surface area contributed by atoms with E-state index in [1.165, 1.54) is 6.08 Å². The first-order valence-corrected chi connectivity index (χ1v) is 5.29. The minimum atomic E-state index is -0.0793. The van der Waals surface area contributed by atoms with Crippen LogP contribution in [0.5, 0.6) is 0 Å². The van der Waals surface area contributed by atoms with Crippen molar-refractivity contribution in [2.24, 2.45) is 0 Å². The molecule has 1 aliphatic rings. The van der Waals surface area contributed by atoms with E-state index >= 15 is 0 Å². The van der Waals surface area contributed by atoms with Crippen molar-refractivity contribution in [1.29, 1.82) is 0 Å². The number of carbonyl (C=O) groups excluding carboxylic acids is 1. The third kappa shape index (κ3) is 2.76. The van der Waals surface area contributed by atoms with E-state index in [2.05, 4.69) is 5.32 Å². The van der Waals surface area contributed by atoms with Gasteiger partial charge < -0.3 is 16.8 Å². The highest BCUT2D eigenvalue weighted by Gasteiger charge is 2.21. The van der Waals surface area contributed by atoms with Gasteiger partial charge in [-0.05, 0) is 42.7 Å². The highest BCUT2D eigenvalue weighted by atomic mass is 16.1. The van der Waals surface area contributed by atoms with Crippen LogP contribution >= 0.6 is 0 Å². The van der Waals surface area contributed by atoms with Crippen LogP contribution in [-0.2, 0) is 4.79 Å². The zero-order valence-electron chi connectivity index (χ0n) is 8.94. The average Bonchev–Trinajstić information content (AvgIpc) is 3.03. The predicted octanol–water partition coefficient (Wildman–Crippen LogP) is 1.14. The fourth-order valence-corrected chi connectivity index (χ4v) is 1.38. The third-order valence-electron chi connectivity index (χ3n) is 2.45. The van der Waals surface area contributed by atoms with Gasteiger partial charge >= 0.3 is 0 Å². The van der Waals surface area contributed by atoms with E-state index in [-0.39, 0.29) is 5.91 Å². The molecule has 0 atom stereocenters. The van der Waals surface area contributed by atoms with E-state index in [9.17, 15) is 4.79 Å². The minimum absolute atomic E-state index is 0.0793. The zero-order chi connectivity index (χ0) is 11.5. The second kappa shape index (κ2) is 4.26. The van der Waals surface area contributed by atoms with E-state index < -0.39 is 0 Å². The molecule has 1 amide bonds. The molecule has 0 bridgehead atoms. The van der Waals surface area contributed by atoms with Gasteiger partial charge in [0.05, 0.1) is 0 Å². The second-order valence-corrected chi connectivity index (χ2v) is 4.00. The van der Waals surface area contributed by atoms with Gasteiger partial charge in [0.1, 0.15) is 0 Å². The van der Waals surface area contributed by atoms with Crippen molar-refractivity contribution >= 4 is 23.4 Å². The van der Waals surface area contributed by atoms with Crippen molar-refractivity contribution in [1.82, 2.24) is 5.32 Å². The Morgan fingerprint density at radius 3 is 2.81 bits per heavy atom. The van der Waals surface area contributed by atoms with Crippen LogP contribution in [0.4, 0.5) is 11.4 Å². The molecule has 0 aromatic heterocycles. The van der Waals surface area contributed by atoms with Crippen molar-refractivity contribution < 1.29 is 4.79 Å². The van der Waals surface area contributed by atoms with Gasteiger partial charge in [0.25, 0.3) is 0 Å². The second-order valence-electron chi connectivity index (χ2n) is 4.00. The van der Waals surface area contributed by atoms with Crippen LogP contribution in [0.15, 0.2) is 24.3 Å². The van der Waals surface area contributed by atoms with Crippen LogP contribution in [-0.4, -0.2) is 11.9 Å². The maximum atomic E-state index is 11.4. The lowest BCUT2D eigenvalue weighted by Crippen LogP contribution is -2.22. The summed E-state index contributed by atoms with van der Waals surface area (Å²) in [4.78, 5) is 11.4. The lowest BCUT2D eigenvalue weighted by molar-refractivity contribution is -0.116. The largest absolute Gasteiger partial charge is 0.399 e. The summed E-state index contributed by atoms with van der Waals surface area (Å²) in [6.45, 7) is 0. The number of hydrogen-bond acceptors (Lipinski definition) is 3. The van der Waals surface area contributed by atoms with Crippen LogP contribution in [0.2, 0.25) is 0 Å². The highest BCUT2D eigenvalue weighted by Crippen LogP contribution is 2.19. The summed E-state index contributed by atoms with van der Waals surface area (Å²) < 4.78 is 0. The van der Waals surface area contributed by atoms with Crippen LogP contribution in [0, 0.1) is 0 Å². The molecule has 2 rings (SSSR count). The molecule has 1 saturated carbocycles. The molecular weight excluding hydrogens is 202 g/mol. The molecule has 16 heavy (non-hydrogen) atoms. The quantitative estimate of drug-likeness (QED) is 0.524. The van der Waals surface area contributed by atoms with Gasteiger partial charge in [0, 0.05) is 23.5 Å². The van der Waals surface area contributed by atoms with Gasteiger partial charge in [-0.3, -0.25) is 4.79 Å². The average molecular weight is 217 g/mol. The molecule has 5 N–H and O–H groups in total. The summed E-state index contributed by atoms with van der Waals surface area (Å²) in [6, 6.07) is 5.58. The van der Waals surface area contributed by atoms with E-state index in [1.54, 1.807) is 24.3 Å². The summed E-state index contributed by atoms with van der Waals surface area (Å²) in [5.74, 6) is -0.0793. The first-order chi connectivity index (χ1) is 7.65. The standard InChI is InChI=1S/C12H15N3O/c13-9-2-5-11(14)8(7-9)1-6-12(16)15-10-3-4-10/h1-2,5-7,10H,3-4,13-14H2,(H,15,16)/b6-1+. The highest BCUT2D eigenvalue weighted by molar-refractivity contribution is 5.93. The molecule has 1 fully saturated rings. The summed E-state index contributed by atoms with van der Waals surface area (Å²) in [5, 5.41) is 2.86.